The highest BCUT2D eigenvalue weighted by Crippen LogP contribution is 2.35. The fraction of sp³-hybridized carbons (Fsp3) is 0.600. The van der Waals surface area contributed by atoms with Crippen molar-refractivity contribution in [1.82, 2.24) is 4.90 Å². The number of amides is 1. The fourth-order valence-corrected chi connectivity index (χ4v) is 3.10. The largest absolute Gasteiger partial charge is 0.493 e. The summed E-state index contributed by atoms with van der Waals surface area (Å²) < 4.78 is 10.8. The van der Waals surface area contributed by atoms with E-state index in [4.69, 9.17) is 14.6 Å². The third-order valence-electron chi connectivity index (χ3n) is 4.22. The predicted molar refractivity (Wildman–Crippen MR) is 101 cm³/mol. The molecule has 0 spiro atoms. The van der Waals surface area contributed by atoms with Gasteiger partial charge in [-0.2, -0.15) is 0 Å². The second-order valence-electron chi connectivity index (χ2n) is 6.73. The number of methoxy groups -OCH3 is 2. The summed E-state index contributed by atoms with van der Waals surface area (Å²) in [5.74, 6) is 0.290. The average Bonchev–Trinajstić information content (AvgIpc) is 2.59. The monoisotopic (exact) mass is 365 g/mol. The lowest BCUT2D eigenvalue weighted by Crippen LogP contribution is -2.42. The van der Waals surface area contributed by atoms with E-state index in [1.165, 1.54) is 14.2 Å². The Labute approximate surface area is 156 Å². The van der Waals surface area contributed by atoms with Crippen molar-refractivity contribution in [1.29, 1.82) is 0 Å². The summed E-state index contributed by atoms with van der Waals surface area (Å²) in [5.41, 5.74) is 0.570. The highest BCUT2D eigenvalue weighted by molar-refractivity contribution is 6.10. The molecule has 1 amide bonds. The number of aliphatic hydroxyl groups excluding tert-OH is 1. The van der Waals surface area contributed by atoms with E-state index in [-0.39, 0.29) is 48.1 Å². The Kier molecular flexibility index (Phi) is 8.58. The second-order valence-corrected chi connectivity index (χ2v) is 6.73. The normalized spacial score (nSPS) is 11.0. The molecule has 0 radical (unpaired) electrons. The summed E-state index contributed by atoms with van der Waals surface area (Å²) in [6, 6.07) is 3.20. The van der Waals surface area contributed by atoms with Gasteiger partial charge in [0.25, 0.3) is 5.91 Å². The average molecular weight is 365 g/mol. The molecular weight excluding hydrogens is 334 g/mol. The van der Waals surface area contributed by atoms with Crippen LogP contribution in [0.5, 0.6) is 11.5 Å². The maximum atomic E-state index is 13.3. The number of carbonyl (C=O) groups is 2. The van der Waals surface area contributed by atoms with Gasteiger partial charge >= 0.3 is 0 Å². The van der Waals surface area contributed by atoms with Crippen LogP contribution in [0.2, 0.25) is 0 Å². The van der Waals surface area contributed by atoms with Gasteiger partial charge in [0, 0.05) is 30.7 Å². The SMILES string of the molecule is COc1ccc(C(=O)CCCCO)c(C(=O)N(C(C)C)C(C)C)c1OC. The standard InChI is InChI=1S/C20H31NO5/c1-13(2)21(14(3)4)20(24)18-15(16(23)9-7-8-12-22)10-11-17(25-5)19(18)26-6/h10-11,13-14,22H,7-9,12H2,1-6H3. The lowest BCUT2D eigenvalue weighted by atomic mass is 9.96. The number of nitrogens with zero attached hydrogens (tertiary/aromatic N) is 1. The first-order valence-corrected chi connectivity index (χ1v) is 9.01. The van der Waals surface area contributed by atoms with Crippen LogP contribution in [0, 0.1) is 0 Å². The molecule has 0 saturated heterocycles. The number of unbranched alkanes of at least 4 members (excludes halogenated alkanes) is 1. The zero-order valence-electron chi connectivity index (χ0n) is 16.7. The summed E-state index contributed by atoms with van der Waals surface area (Å²) in [6.07, 6.45) is 1.38. The molecular formula is C20H31NO5. The molecule has 1 aromatic rings. The molecule has 1 rings (SSSR count). The molecule has 0 aliphatic heterocycles. The van der Waals surface area contributed by atoms with Gasteiger partial charge in [-0.3, -0.25) is 9.59 Å². The van der Waals surface area contributed by atoms with E-state index in [1.807, 2.05) is 27.7 Å². The van der Waals surface area contributed by atoms with Crippen LogP contribution in [0.4, 0.5) is 0 Å². The van der Waals surface area contributed by atoms with Crippen molar-refractivity contribution in [2.24, 2.45) is 0 Å². The summed E-state index contributed by atoms with van der Waals surface area (Å²) in [4.78, 5) is 27.8. The minimum Gasteiger partial charge on any atom is -0.493 e. The van der Waals surface area contributed by atoms with Gasteiger partial charge in [0.1, 0.15) is 0 Å². The van der Waals surface area contributed by atoms with Gasteiger partial charge < -0.3 is 19.5 Å². The van der Waals surface area contributed by atoms with Gasteiger partial charge in [-0.1, -0.05) is 0 Å². The molecule has 1 aromatic carbocycles. The second kappa shape index (κ2) is 10.2. The number of benzene rings is 1. The number of Topliss-reactive ketones (excluding diaryl/α,β-unsaturated/α-hetero) is 1. The Hall–Kier alpha value is -2.08. The van der Waals surface area contributed by atoms with Gasteiger partial charge in [-0.15, -0.1) is 0 Å². The minimum absolute atomic E-state index is 0.0317. The number of aliphatic hydroxyl groups is 1. The first-order chi connectivity index (χ1) is 12.3. The smallest absolute Gasteiger partial charge is 0.258 e. The van der Waals surface area contributed by atoms with Crippen molar-refractivity contribution < 1.29 is 24.2 Å². The lowest BCUT2D eigenvalue weighted by molar-refractivity contribution is 0.0635. The quantitative estimate of drug-likeness (QED) is 0.508. The topological polar surface area (TPSA) is 76.1 Å². The summed E-state index contributed by atoms with van der Waals surface area (Å²) in [7, 11) is 2.96. The van der Waals surface area contributed by atoms with E-state index < -0.39 is 0 Å². The Morgan fingerprint density at radius 3 is 2.12 bits per heavy atom. The van der Waals surface area contributed by atoms with Crippen LogP contribution >= 0.6 is 0 Å². The molecule has 0 bridgehead atoms. The van der Waals surface area contributed by atoms with Gasteiger partial charge in [0.05, 0.1) is 19.8 Å². The number of hydrogen-bond donors (Lipinski definition) is 1. The fourth-order valence-electron chi connectivity index (χ4n) is 3.10. The van der Waals surface area contributed by atoms with E-state index in [9.17, 15) is 9.59 Å². The molecule has 0 aliphatic rings. The summed E-state index contributed by atoms with van der Waals surface area (Å²) in [6.45, 7) is 7.79. The van der Waals surface area contributed by atoms with E-state index in [0.717, 1.165) is 0 Å². The Morgan fingerprint density at radius 1 is 1.04 bits per heavy atom. The van der Waals surface area contributed by atoms with E-state index in [2.05, 4.69) is 0 Å². The highest BCUT2D eigenvalue weighted by atomic mass is 16.5. The summed E-state index contributed by atoms with van der Waals surface area (Å²) in [5, 5.41) is 8.93. The molecule has 0 atom stereocenters. The minimum atomic E-state index is -0.253. The van der Waals surface area contributed by atoms with Crippen molar-refractivity contribution in [2.45, 2.75) is 59.0 Å². The molecule has 0 aromatic heterocycles. The molecule has 0 saturated carbocycles. The Balaban J connectivity index is 3.48. The molecule has 0 aliphatic carbocycles. The highest BCUT2D eigenvalue weighted by Gasteiger charge is 2.30. The van der Waals surface area contributed by atoms with E-state index in [0.29, 0.717) is 24.2 Å². The van der Waals surface area contributed by atoms with Crippen LogP contribution in [0.1, 0.15) is 67.7 Å². The summed E-state index contributed by atoms with van der Waals surface area (Å²) >= 11 is 0. The maximum absolute atomic E-state index is 13.3. The molecule has 0 heterocycles. The number of rotatable bonds is 10. The maximum Gasteiger partial charge on any atom is 0.258 e. The zero-order chi connectivity index (χ0) is 19.9. The van der Waals surface area contributed by atoms with Crippen LogP contribution in [0.15, 0.2) is 12.1 Å². The lowest BCUT2D eigenvalue weighted by Gasteiger charge is -2.32. The number of carbonyl (C=O) groups excluding carboxylic acids is 2. The van der Waals surface area contributed by atoms with Gasteiger partial charge in [0.15, 0.2) is 17.3 Å². The van der Waals surface area contributed by atoms with Crippen molar-refractivity contribution in [3.63, 3.8) is 0 Å². The number of hydrogen-bond acceptors (Lipinski definition) is 5. The molecule has 26 heavy (non-hydrogen) atoms. The number of ether oxygens (including phenoxy) is 2. The van der Waals surface area contributed by atoms with Gasteiger partial charge in [-0.05, 0) is 52.7 Å². The van der Waals surface area contributed by atoms with Crippen molar-refractivity contribution >= 4 is 11.7 Å². The van der Waals surface area contributed by atoms with Gasteiger partial charge in [-0.25, -0.2) is 0 Å². The molecule has 1 N–H and O–H groups in total. The van der Waals surface area contributed by atoms with Crippen molar-refractivity contribution in [3.8, 4) is 11.5 Å². The molecule has 0 fully saturated rings. The van der Waals surface area contributed by atoms with Crippen molar-refractivity contribution in [2.75, 3.05) is 20.8 Å². The van der Waals surface area contributed by atoms with Crippen molar-refractivity contribution in [3.05, 3.63) is 23.3 Å². The molecule has 6 nitrogen and oxygen atoms in total. The van der Waals surface area contributed by atoms with E-state index >= 15 is 0 Å². The van der Waals surface area contributed by atoms with Crippen LogP contribution < -0.4 is 9.47 Å². The molecule has 0 unspecified atom stereocenters. The molecule has 146 valence electrons. The number of ketones is 1. The van der Waals surface area contributed by atoms with E-state index in [1.54, 1.807) is 17.0 Å². The zero-order valence-corrected chi connectivity index (χ0v) is 16.7. The Morgan fingerprint density at radius 2 is 1.65 bits per heavy atom. The van der Waals surface area contributed by atoms with Crippen LogP contribution in [0.25, 0.3) is 0 Å². The first kappa shape index (κ1) is 22.0. The molecule has 6 heteroatoms. The van der Waals surface area contributed by atoms with Crippen LogP contribution in [0.3, 0.4) is 0 Å². The predicted octanol–water partition coefficient (Wildman–Crippen LogP) is 3.31. The Bertz CT molecular complexity index is 617. The van der Waals surface area contributed by atoms with Crippen LogP contribution in [-0.4, -0.2) is 54.6 Å². The third kappa shape index (κ3) is 4.97. The van der Waals surface area contributed by atoms with Crippen LogP contribution in [-0.2, 0) is 0 Å². The van der Waals surface area contributed by atoms with Gasteiger partial charge in [0.2, 0.25) is 0 Å². The third-order valence-corrected chi connectivity index (χ3v) is 4.22. The first-order valence-electron chi connectivity index (χ1n) is 9.01.